The van der Waals surface area contributed by atoms with E-state index in [9.17, 15) is 24.0 Å². The van der Waals surface area contributed by atoms with Gasteiger partial charge in [0.1, 0.15) is 18.2 Å². The van der Waals surface area contributed by atoms with E-state index in [1.807, 2.05) is 6.92 Å². The van der Waals surface area contributed by atoms with Crippen molar-refractivity contribution in [3.8, 4) is 0 Å². The highest BCUT2D eigenvalue weighted by atomic mass is 16.6. The second-order valence-electron chi connectivity index (χ2n) is 19.3. The van der Waals surface area contributed by atoms with Crippen LogP contribution in [-0.2, 0) is 38.1 Å². The van der Waals surface area contributed by atoms with Gasteiger partial charge in [0.15, 0.2) is 6.10 Å². The average Bonchev–Trinajstić information content (AvgIpc) is 3.25. The zero-order chi connectivity index (χ0) is 47.4. The Morgan fingerprint density at radius 1 is 0.453 bits per heavy atom. The molecule has 2 unspecified atom stereocenters. The molecule has 0 saturated heterocycles. The number of hydrogen-bond donors (Lipinski definition) is 2. The van der Waals surface area contributed by atoms with Crippen molar-refractivity contribution in [3.05, 3.63) is 0 Å². The number of nitrogens with one attached hydrogen (secondary N) is 2. The fourth-order valence-corrected chi connectivity index (χ4v) is 7.64. The first-order chi connectivity index (χ1) is 30.9. The molecule has 11 heteroatoms. The molecule has 0 spiro atoms. The maximum absolute atomic E-state index is 13.5. The molecule has 0 saturated carbocycles. The van der Waals surface area contributed by atoms with Crippen LogP contribution in [0.4, 0.5) is 4.79 Å². The van der Waals surface area contributed by atoms with Crippen LogP contribution in [0.5, 0.6) is 0 Å². The summed E-state index contributed by atoms with van der Waals surface area (Å²) in [6.07, 6.45) is 37.3. The van der Waals surface area contributed by atoms with Crippen LogP contribution in [0.2, 0.25) is 0 Å². The van der Waals surface area contributed by atoms with Crippen LogP contribution in [0.25, 0.3) is 0 Å². The van der Waals surface area contributed by atoms with Crippen molar-refractivity contribution in [2.75, 3.05) is 19.8 Å². The molecule has 2 amide bonds. The van der Waals surface area contributed by atoms with Crippen molar-refractivity contribution in [3.63, 3.8) is 0 Å². The monoisotopic (exact) mass is 909 g/mol. The van der Waals surface area contributed by atoms with Gasteiger partial charge in [-0.2, -0.15) is 0 Å². The Morgan fingerprint density at radius 3 is 1.23 bits per heavy atom. The number of unbranched alkanes of at least 4 members (excludes halogenated alkanes) is 29. The summed E-state index contributed by atoms with van der Waals surface area (Å²) in [7, 11) is 0. The summed E-state index contributed by atoms with van der Waals surface area (Å²) in [5.74, 6) is -1.83. The van der Waals surface area contributed by atoms with Gasteiger partial charge in [0.05, 0.1) is 13.2 Å². The second-order valence-corrected chi connectivity index (χ2v) is 19.3. The molecular formula is C53H100N2O9. The van der Waals surface area contributed by atoms with Gasteiger partial charge in [-0.3, -0.25) is 19.2 Å². The van der Waals surface area contributed by atoms with Gasteiger partial charge in [0.25, 0.3) is 0 Å². The predicted octanol–water partition coefficient (Wildman–Crippen LogP) is 14.1. The molecule has 0 aliphatic carbocycles. The van der Waals surface area contributed by atoms with Gasteiger partial charge in [0, 0.05) is 19.3 Å². The Labute approximate surface area is 392 Å². The SMILES string of the molecule is CCCCCCCCCCCCCCCCCC(=O)OCC(CNC(=O)C(CCC(=O)OCCCC)NC(=O)OC(C)(C)C)OC(=O)CCCCCCCCCCCCCCCCC. The van der Waals surface area contributed by atoms with Crippen LogP contribution in [0.3, 0.4) is 0 Å². The van der Waals surface area contributed by atoms with Crippen molar-refractivity contribution < 1.29 is 42.9 Å². The first kappa shape index (κ1) is 61.1. The first-order valence-corrected chi connectivity index (χ1v) is 26.7. The lowest BCUT2D eigenvalue weighted by Gasteiger charge is -2.24. The summed E-state index contributed by atoms with van der Waals surface area (Å²) in [5, 5.41) is 5.32. The van der Waals surface area contributed by atoms with Crippen LogP contribution in [0.15, 0.2) is 0 Å². The normalized spacial score (nSPS) is 12.3. The third-order valence-corrected chi connectivity index (χ3v) is 11.6. The Hall–Kier alpha value is -2.85. The van der Waals surface area contributed by atoms with Crippen molar-refractivity contribution >= 4 is 29.9 Å². The van der Waals surface area contributed by atoms with Gasteiger partial charge >= 0.3 is 24.0 Å². The Kier molecular flexibility index (Phi) is 42.1. The van der Waals surface area contributed by atoms with E-state index in [2.05, 4.69) is 24.5 Å². The van der Waals surface area contributed by atoms with Gasteiger partial charge in [-0.05, 0) is 46.5 Å². The Balaban J connectivity index is 4.94. The van der Waals surface area contributed by atoms with Crippen LogP contribution < -0.4 is 10.6 Å². The standard InChI is InChI=1S/C53H100N2O9/c1-7-10-13-15-17-19-21-23-25-27-29-31-33-35-37-39-48(56)62-45-46(63-50(58)40-38-36-34-32-30-28-26-24-22-20-18-16-14-11-8-2)44-54-51(59)47(55-52(60)64-53(4,5)6)41-42-49(57)61-43-12-9-3/h46-47H,7-45H2,1-6H3,(H,54,59)(H,55,60). The molecule has 0 aromatic heterocycles. The molecule has 0 aliphatic heterocycles. The lowest BCUT2D eigenvalue weighted by Crippen LogP contribution is -2.50. The van der Waals surface area contributed by atoms with E-state index in [-0.39, 0.29) is 51.4 Å². The van der Waals surface area contributed by atoms with E-state index in [0.717, 1.165) is 51.4 Å². The molecule has 64 heavy (non-hydrogen) atoms. The molecule has 0 rings (SSSR count). The van der Waals surface area contributed by atoms with Gasteiger partial charge < -0.3 is 29.6 Å². The largest absolute Gasteiger partial charge is 0.466 e. The van der Waals surface area contributed by atoms with Gasteiger partial charge in [0.2, 0.25) is 5.91 Å². The highest BCUT2D eigenvalue weighted by Crippen LogP contribution is 2.16. The van der Waals surface area contributed by atoms with Crippen LogP contribution in [0, 0.1) is 0 Å². The van der Waals surface area contributed by atoms with Crippen molar-refractivity contribution in [1.29, 1.82) is 0 Å². The summed E-state index contributed by atoms with van der Waals surface area (Å²) >= 11 is 0. The van der Waals surface area contributed by atoms with Gasteiger partial charge in [-0.15, -0.1) is 0 Å². The summed E-state index contributed by atoms with van der Waals surface area (Å²) in [5.41, 5.74) is -0.799. The fraction of sp³-hybridized carbons (Fsp3) is 0.906. The number of rotatable bonds is 45. The number of esters is 3. The molecule has 0 aromatic carbocycles. The molecule has 0 aliphatic rings. The Morgan fingerprint density at radius 2 is 0.828 bits per heavy atom. The lowest BCUT2D eigenvalue weighted by atomic mass is 10.0. The van der Waals surface area contributed by atoms with Crippen molar-refractivity contribution in [2.24, 2.45) is 0 Å². The number of carbonyl (C=O) groups excluding carboxylic acids is 5. The quantitative estimate of drug-likeness (QED) is 0.0346. The second kappa shape index (κ2) is 44.0. The molecular weight excluding hydrogens is 809 g/mol. The van der Waals surface area contributed by atoms with Crippen molar-refractivity contribution in [1.82, 2.24) is 10.6 Å². The lowest BCUT2D eigenvalue weighted by molar-refractivity contribution is -0.159. The molecule has 0 bridgehead atoms. The van der Waals surface area contributed by atoms with Crippen LogP contribution in [0.1, 0.15) is 273 Å². The Bertz CT molecular complexity index is 1140. The molecule has 0 fully saturated rings. The minimum atomic E-state index is -1.11. The number of hydrogen-bond acceptors (Lipinski definition) is 9. The maximum Gasteiger partial charge on any atom is 0.408 e. The molecule has 2 N–H and O–H groups in total. The van der Waals surface area contributed by atoms with Crippen LogP contribution >= 0.6 is 0 Å². The highest BCUT2D eigenvalue weighted by molar-refractivity contribution is 5.86. The van der Waals surface area contributed by atoms with E-state index in [1.54, 1.807) is 20.8 Å². The number of carbonyl (C=O) groups is 5. The van der Waals surface area contributed by atoms with E-state index in [1.165, 1.54) is 148 Å². The molecule has 376 valence electrons. The van der Waals surface area contributed by atoms with Gasteiger partial charge in [-0.25, -0.2) is 4.79 Å². The molecule has 2 atom stereocenters. The van der Waals surface area contributed by atoms with Crippen LogP contribution in [-0.4, -0.2) is 67.4 Å². The summed E-state index contributed by atoms with van der Waals surface area (Å²) in [4.78, 5) is 64.3. The third kappa shape index (κ3) is 43.1. The number of amides is 2. The molecule has 0 aromatic rings. The molecule has 11 nitrogen and oxygen atoms in total. The topological polar surface area (TPSA) is 146 Å². The minimum Gasteiger partial charge on any atom is -0.466 e. The van der Waals surface area contributed by atoms with E-state index >= 15 is 0 Å². The fourth-order valence-electron chi connectivity index (χ4n) is 7.64. The summed E-state index contributed by atoms with van der Waals surface area (Å²) in [6, 6.07) is -1.11. The zero-order valence-corrected chi connectivity index (χ0v) is 42.4. The smallest absolute Gasteiger partial charge is 0.408 e. The minimum absolute atomic E-state index is 0.0199. The molecule has 0 radical (unpaired) electrons. The number of ether oxygens (including phenoxy) is 4. The summed E-state index contributed by atoms with van der Waals surface area (Å²) < 4.78 is 22.0. The van der Waals surface area contributed by atoms with Crippen molar-refractivity contribution in [2.45, 2.75) is 290 Å². The number of alkyl carbamates (subject to hydrolysis) is 1. The third-order valence-electron chi connectivity index (χ3n) is 11.6. The average molecular weight is 909 g/mol. The zero-order valence-electron chi connectivity index (χ0n) is 42.4. The van der Waals surface area contributed by atoms with Gasteiger partial charge in [-0.1, -0.05) is 207 Å². The van der Waals surface area contributed by atoms with E-state index in [4.69, 9.17) is 18.9 Å². The first-order valence-electron chi connectivity index (χ1n) is 26.7. The highest BCUT2D eigenvalue weighted by Gasteiger charge is 2.27. The maximum atomic E-state index is 13.5. The molecule has 0 heterocycles. The predicted molar refractivity (Wildman–Crippen MR) is 261 cm³/mol. The van der Waals surface area contributed by atoms with E-state index < -0.39 is 41.7 Å². The van der Waals surface area contributed by atoms with E-state index in [0.29, 0.717) is 6.42 Å². The summed E-state index contributed by atoms with van der Waals surface area (Å²) in [6.45, 7) is 11.6.